The maximum absolute atomic E-state index is 13.1. The highest BCUT2D eigenvalue weighted by molar-refractivity contribution is 6.05. The van der Waals surface area contributed by atoms with Crippen LogP contribution in [0.2, 0.25) is 0 Å². The number of piperazine rings is 1. The van der Waals surface area contributed by atoms with Crippen LogP contribution in [0, 0.1) is 13.8 Å². The van der Waals surface area contributed by atoms with Crippen LogP contribution in [-0.2, 0) is 0 Å². The molecule has 4 aromatic rings. The van der Waals surface area contributed by atoms with Crippen molar-refractivity contribution in [2.45, 2.75) is 20.8 Å². The molecule has 1 fully saturated rings. The Hall–Kier alpha value is -4.61. The van der Waals surface area contributed by atoms with Crippen LogP contribution in [0.5, 0.6) is 0 Å². The molecular weight excluding hydrogens is 504 g/mol. The van der Waals surface area contributed by atoms with Crippen LogP contribution in [0.25, 0.3) is 11.4 Å². The summed E-state index contributed by atoms with van der Waals surface area (Å²) in [6.07, 6.45) is 3.19. The maximum atomic E-state index is 13.1. The summed E-state index contributed by atoms with van der Waals surface area (Å²) in [5.41, 5.74) is 8.73. The first kappa shape index (κ1) is 27.0. The topological polar surface area (TPSA) is 116 Å². The number of hydrogen-bond donors (Lipinski definition) is 3. The van der Waals surface area contributed by atoms with Gasteiger partial charge in [-0.3, -0.25) is 9.78 Å². The number of rotatable bonds is 8. The van der Waals surface area contributed by atoms with Crippen molar-refractivity contribution in [3.63, 3.8) is 0 Å². The van der Waals surface area contributed by atoms with Gasteiger partial charge in [0, 0.05) is 61.4 Å². The average Bonchev–Trinajstić information content (AvgIpc) is 3.31. The Morgan fingerprint density at radius 2 is 1.77 bits per heavy atom. The van der Waals surface area contributed by atoms with Gasteiger partial charge in [-0.15, -0.1) is 0 Å². The fourth-order valence-corrected chi connectivity index (χ4v) is 4.35. The molecule has 3 N–H and O–H groups in total. The normalized spacial score (nSPS) is 14.1. The lowest BCUT2D eigenvalue weighted by Crippen LogP contribution is -2.47. The Bertz CT molecular complexity index is 1540. The van der Waals surface area contributed by atoms with Crippen molar-refractivity contribution < 1.29 is 4.79 Å². The second-order valence-electron chi connectivity index (χ2n) is 10.1. The fraction of sp³-hybridized carbons (Fsp3) is 0.276. The van der Waals surface area contributed by atoms with Gasteiger partial charge in [0.1, 0.15) is 18.0 Å². The van der Waals surface area contributed by atoms with E-state index in [2.05, 4.69) is 59.6 Å². The van der Waals surface area contributed by atoms with Crippen LogP contribution in [0.1, 0.15) is 34.2 Å². The molecule has 3 aromatic heterocycles. The highest BCUT2D eigenvalue weighted by Crippen LogP contribution is 2.26. The molecule has 0 aliphatic carbocycles. The summed E-state index contributed by atoms with van der Waals surface area (Å²) in [7, 11) is 2.12. The molecule has 5 rings (SSSR count). The minimum atomic E-state index is -0.220. The van der Waals surface area contributed by atoms with Crippen LogP contribution in [0.4, 0.5) is 23.0 Å². The van der Waals surface area contributed by atoms with E-state index in [1.54, 1.807) is 23.0 Å². The first-order valence-electron chi connectivity index (χ1n) is 13.2. The summed E-state index contributed by atoms with van der Waals surface area (Å²) in [4.78, 5) is 28.5. The standard InChI is InChI=1S/C29H34N10O/c1-19(2)24-16-23(8-9-30-24)33-29(40)22-7-6-20(3)25(15-22)34-28-14-21(4)35-39(28)27-17-26(31-18-32-27)36-38-12-10-37(5)11-13-38/h6-9,14-18,34H,1,10-13H2,2-5H3,(H,30,33,40)(H,31,32,36). The molecule has 1 saturated heterocycles. The quantitative estimate of drug-likeness (QED) is 0.302. The summed E-state index contributed by atoms with van der Waals surface area (Å²) in [6, 6.07) is 12.9. The zero-order valence-electron chi connectivity index (χ0n) is 23.3. The minimum Gasteiger partial charge on any atom is -0.340 e. The number of likely N-dealkylation sites (N-methyl/N-ethyl adjacent to an activating group) is 1. The van der Waals surface area contributed by atoms with E-state index in [1.807, 2.05) is 51.1 Å². The average molecular weight is 539 g/mol. The second-order valence-corrected chi connectivity index (χ2v) is 10.1. The molecule has 0 spiro atoms. The Morgan fingerprint density at radius 3 is 2.55 bits per heavy atom. The third-order valence-electron chi connectivity index (χ3n) is 6.69. The van der Waals surface area contributed by atoms with Crippen LogP contribution < -0.4 is 16.1 Å². The number of allylic oxidation sites excluding steroid dienone is 1. The highest BCUT2D eigenvalue weighted by atomic mass is 16.1. The number of carbonyl (C=O) groups excluding carboxylic acids is 1. The molecule has 11 heteroatoms. The van der Waals surface area contributed by atoms with Gasteiger partial charge in [-0.05, 0) is 63.2 Å². The smallest absolute Gasteiger partial charge is 0.255 e. The number of benzene rings is 1. The summed E-state index contributed by atoms with van der Waals surface area (Å²) in [5, 5.41) is 13.2. The number of nitrogens with one attached hydrogen (secondary N) is 3. The minimum absolute atomic E-state index is 0.220. The van der Waals surface area contributed by atoms with Crippen LogP contribution in [0.15, 0.2) is 61.6 Å². The Labute approximate surface area is 233 Å². The lowest BCUT2D eigenvalue weighted by molar-refractivity contribution is 0.102. The number of aryl methyl sites for hydroxylation is 2. The van der Waals surface area contributed by atoms with Crippen molar-refractivity contribution >= 4 is 34.5 Å². The van der Waals surface area contributed by atoms with Crippen molar-refractivity contribution in [3.05, 3.63) is 84.1 Å². The second kappa shape index (κ2) is 11.6. The number of aromatic nitrogens is 5. The monoisotopic (exact) mass is 538 g/mol. The summed E-state index contributed by atoms with van der Waals surface area (Å²) in [6.45, 7) is 13.5. The third-order valence-corrected chi connectivity index (χ3v) is 6.69. The van der Waals surface area contributed by atoms with Gasteiger partial charge in [0.15, 0.2) is 5.82 Å². The predicted octanol–water partition coefficient (Wildman–Crippen LogP) is 4.28. The van der Waals surface area contributed by atoms with Gasteiger partial charge in [-0.1, -0.05) is 12.6 Å². The summed E-state index contributed by atoms with van der Waals surface area (Å²) >= 11 is 0. The van der Waals surface area contributed by atoms with Gasteiger partial charge >= 0.3 is 0 Å². The van der Waals surface area contributed by atoms with Crippen molar-refractivity contribution in [3.8, 4) is 5.82 Å². The van der Waals surface area contributed by atoms with Crippen molar-refractivity contribution in [2.75, 3.05) is 49.3 Å². The van der Waals surface area contributed by atoms with E-state index in [1.165, 1.54) is 6.33 Å². The van der Waals surface area contributed by atoms with E-state index in [4.69, 9.17) is 0 Å². The summed E-state index contributed by atoms with van der Waals surface area (Å²) in [5.74, 6) is 1.83. The third kappa shape index (κ3) is 6.33. The molecule has 11 nitrogen and oxygen atoms in total. The van der Waals surface area contributed by atoms with Gasteiger partial charge in [0.2, 0.25) is 0 Å². The lowest BCUT2D eigenvalue weighted by atomic mass is 10.1. The highest BCUT2D eigenvalue weighted by Gasteiger charge is 2.16. The number of hydrogen-bond acceptors (Lipinski definition) is 9. The zero-order valence-corrected chi connectivity index (χ0v) is 23.3. The molecule has 0 unspecified atom stereocenters. The number of pyridine rings is 1. The summed E-state index contributed by atoms with van der Waals surface area (Å²) < 4.78 is 1.74. The fourth-order valence-electron chi connectivity index (χ4n) is 4.35. The molecule has 0 bridgehead atoms. The predicted molar refractivity (Wildman–Crippen MR) is 158 cm³/mol. The van der Waals surface area contributed by atoms with E-state index in [0.717, 1.165) is 60.2 Å². The van der Waals surface area contributed by atoms with Gasteiger partial charge in [0.25, 0.3) is 5.91 Å². The van der Waals surface area contributed by atoms with Gasteiger partial charge in [0.05, 0.1) is 11.4 Å². The van der Waals surface area contributed by atoms with E-state index < -0.39 is 0 Å². The number of anilines is 4. The largest absolute Gasteiger partial charge is 0.340 e. The van der Waals surface area contributed by atoms with Crippen molar-refractivity contribution in [1.29, 1.82) is 0 Å². The molecule has 1 aliphatic heterocycles. The molecule has 0 saturated carbocycles. The van der Waals surface area contributed by atoms with E-state index >= 15 is 0 Å². The van der Waals surface area contributed by atoms with Gasteiger partial charge < -0.3 is 21.0 Å². The van der Waals surface area contributed by atoms with Crippen LogP contribution in [0.3, 0.4) is 0 Å². The molecular formula is C29H34N10O. The molecule has 206 valence electrons. The molecule has 0 atom stereocenters. The number of carbonyl (C=O) groups is 1. The zero-order chi connectivity index (χ0) is 28.2. The van der Waals surface area contributed by atoms with E-state index in [0.29, 0.717) is 22.9 Å². The Morgan fingerprint density at radius 1 is 0.975 bits per heavy atom. The number of hydrazine groups is 1. The number of amides is 1. The van der Waals surface area contributed by atoms with Crippen LogP contribution in [-0.4, -0.2) is 73.8 Å². The molecule has 4 heterocycles. The van der Waals surface area contributed by atoms with E-state index in [-0.39, 0.29) is 5.91 Å². The molecule has 0 radical (unpaired) electrons. The molecule has 1 aromatic carbocycles. The van der Waals surface area contributed by atoms with E-state index in [9.17, 15) is 4.79 Å². The number of nitrogens with zero attached hydrogens (tertiary/aromatic N) is 7. The first-order chi connectivity index (χ1) is 19.2. The molecule has 1 amide bonds. The van der Waals surface area contributed by atoms with Crippen molar-refractivity contribution in [2.24, 2.45) is 0 Å². The molecule has 1 aliphatic rings. The molecule has 40 heavy (non-hydrogen) atoms. The van der Waals surface area contributed by atoms with Crippen LogP contribution >= 0.6 is 0 Å². The Kier molecular flexibility index (Phi) is 7.85. The Balaban J connectivity index is 1.35. The maximum Gasteiger partial charge on any atom is 0.255 e. The first-order valence-corrected chi connectivity index (χ1v) is 13.2. The van der Waals surface area contributed by atoms with Gasteiger partial charge in [-0.2, -0.15) is 9.78 Å². The lowest BCUT2D eigenvalue weighted by Gasteiger charge is -2.32. The SMILES string of the molecule is C=C(C)c1cc(NC(=O)c2ccc(C)c(Nc3cc(C)nn3-c3cc(NN4CCN(C)CC4)ncn3)c2)ccn1. The van der Waals surface area contributed by atoms with Crippen molar-refractivity contribution in [1.82, 2.24) is 34.6 Å². The van der Waals surface area contributed by atoms with Gasteiger partial charge in [-0.25, -0.2) is 15.0 Å².